The van der Waals surface area contributed by atoms with Gasteiger partial charge in [-0.15, -0.1) is 0 Å². The number of halogens is 1. The van der Waals surface area contributed by atoms with Gasteiger partial charge < -0.3 is 4.57 Å². The molecule has 1 heterocycles. The van der Waals surface area contributed by atoms with Crippen LogP contribution in [0.4, 0.5) is 0 Å². The second-order valence-electron chi connectivity index (χ2n) is 6.19. The Kier molecular flexibility index (Phi) is 5.24. The zero-order valence-corrected chi connectivity index (χ0v) is 16.5. The lowest BCUT2D eigenvalue weighted by Crippen LogP contribution is -2.12. The van der Waals surface area contributed by atoms with Crippen molar-refractivity contribution in [2.75, 3.05) is 0 Å². The Bertz CT molecular complexity index is 1120. The Labute approximate surface area is 163 Å². The number of carbonyl (C=O) groups is 1. The van der Waals surface area contributed by atoms with Gasteiger partial charge in [0.05, 0.1) is 10.6 Å². The normalized spacial score (nSPS) is 11.6. The quantitative estimate of drug-likeness (QED) is 0.644. The minimum Gasteiger partial charge on any atom is -0.313 e. The number of Topliss-reactive ketones (excluding diaryl/α,β-unsaturated/α-hetero) is 1. The first kappa shape index (κ1) is 19.4. The van der Waals surface area contributed by atoms with Gasteiger partial charge in [-0.1, -0.05) is 30.7 Å². The average Bonchev–Trinajstić information content (AvgIpc) is 2.98. The summed E-state index contributed by atoms with van der Waals surface area (Å²) in [5.41, 5.74) is 3.79. The number of primary sulfonamides is 1. The highest BCUT2D eigenvalue weighted by atomic mass is 35.5. The highest BCUT2D eigenvalue weighted by Gasteiger charge is 2.19. The maximum atomic E-state index is 12.4. The molecule has 0 aliphatic heterocycles. The minimum absolute atomic E-state index is 0.0326. The van der Waals surface area contributed by atoms with Crippen molar-refractivity contribution >= 4 is 27.4 Å². The summed E-state index contributed by atoms with van der Waals surface area (Å²) in [5, 5.41) is 5.77. The molecule has 1 aromatic heterocycles. The largest absolute Gasteiger partial charge is 0.313 e. The number of carbonyl (C=O) groups excluding carboxylic acids is 1. The molecule has 0 aliphatic carbocycles. The Hall–Kier alpha value is -2.41. The number of rotatable bonds is 5. The van der Waals surface area contributed by atoms with Gasteiger partial charge in [0.2, 0.25) is 10.0 Å². The first-order valence-electron chi connectivity index (χ1n) is 8.37. The van der Waals surface area contributed by atoms with Crippen LogP contribution in [0, 0.1) is 6.92 Å². The van der Waals surface area contributed by atoms with Crippen molar-refractivity contribution in [3.05, 3.63) is 70.9 Å². The molecule has 5 nitrogen and oxygen atoms in total. The van der Waals surface area contributed by atoms with E-state index < -0.39 is 10.0 Å². The number of nitrogens with two attached hydrogens (primary N) is 1. The summed E-state index contributed by atoms with van der Waals surface area (Å²) in [4.78, 5) is 12.4. The molecule has 0 aliphatic rings. The summed E-state index contributed by atoms with van der Waals surface area (Å²) in [5.74, 6) is 0.0377. The van der Waals surface area contributed by atoms with Gasteiger partial charge in [0.15, 0.2) is 5.78 Å². The van der Waals surface area contributed by atoms with E-state index in [4.69, 9.17) is 16.7 Å². The molecule has 2 aromatic carbocycles. The summed E-state index contributed by atoms with van der Waals surface area (Å²) in [6, 6.07) is 15.4. The van der Waals surface area contributed by atoms with Crippen molar-refractivity contribution in [2.45, 2.75) is 25.2 Å². The molecule has 27 heavy (non-hydrogen) atoms. The van der Waals surface area contributed by atoms with E-state index in [1.807, 2.05) is 42.7 Å². The lowest BCUT2D eigenvalue weighted by Gasteiger charge is -2.13. The van der Waals surface area contributed by atoms with Gasteiger partial charge in [0.25, 0.3) is 0 Å². The molecule has 0 amide bonds. The smallest absolute Gasteiger partial charge is 0.238 e. The summed E-state index contributed by atoms with van der Waals surface area (Å²) in [6.07, 6.45) is 0.393. The van der Waals surface area contributed by atoms with Crippen LogP contribution < -0.4 is 5.14 Å². The summed E-state index contributed by atoms with van der Waals surface area (Å²) >= 11 is 6.14. The molecule has 3 aromatic rings. The average molecular weight is 403 g/mol. The number of hydrogen-bond acceptors (Lipinski definition) is 3. The topological polar surface area (TPSA) is 82.2 Å². The third-order valence-electron chi connectivity index (χ3n) is 4.41. The van der Waals surface area contributed by atoms with Crippen LogP contribution in [-0.2, 0) is 10.0 Å². The monoisotopic (exact) mass is 402 g/mol. The van der Waals surface area contributed by atoms with Crippen LogP contribution in [-0.4, -0.2) is 18.8 Å². The second-order valence-corrected chi connectivity index (χ2v) is 8.19. The molecular weight excluding hydrogens is 384 g/mol. The molecule has 0 bridgehead atoms. The number of sulfonamides is 1. The fourth-order valence-corrected chi connectivity index (χ4v) is 3.76. The number of nitrogens with zero attached hydrogens (tertiary/aromatic N) is 1. The highest BCUT2D eigenvalue weighted by Crippen LogP contribution is 2.31. The van der Waals surface area contributed by atoms with Crippen molar-refractivity contribution in [2.24, 2.45) is 5.14 Å². The predicted octanol–water partition coefficient (Wildman–Crippen LogP) is 4.35. The molecule has 3 rings (SSSR count). The molecule has 0 fully saturated rings. The first-order chi connectivity index (χ1) is 12.7. The van der Waals surface area contributed by atoms with Crippen LogP contribution in [0.15, 0.2) is 59.5 Å². The van der Waals surface area contributed by atoms with Crippen LogP contribution >= 0.6 is 11.6 Å². The van der Waals surface area contributed by atoms with E-state index >= 15 is 0 Å². The van der Waals surface area contributed by atoms with Crippen molar-refractivity contribution in [1.82, 2.24) is 4.57 Å². The first-order valence-corrected chi connectivity index (χ1v) is 10.3. The van der Waals surface area contributed by atoms with Crippen molar-refractivity contribution in [3.8, 4) is 16.9 Å². The fourth-order valence-electron chi connectivity index (χ4n) is 3.06. The molecule has 0 saturated carbocycles. The lowest BCUT2D eigenvalue weighted by molar-refractivity contribution is 0.0987. The molecule has 7 heteroatoms. The van der Waals surface area contributed by atoms with Crippen molar-refractivity contribution in [3.63, 3.8) is 0 Å². The Morgan fingerprint density at radius 2 is 1.78 bits per heavy atom. The van der Waals surface area contributed by atoms with E-state index in [1.54, 1.807) is 18.2 Å². The third kappa shape index (κ3) is 3.83. The van der Waals surface area contributed by atoms with E-state index in [-0.39, 0.29) is 10.7 Å². The van der Waals surface area contributed by atoms with Gasteiger partial charge >= 0.3 is 0 Å². The summed E-state index contributed by atoms with van der Waals surface area (Å²) in [6.45, 7) is 3.68. The number of hydrogen-bond donors (Lipinski definition) is 1. The molecule has 140 valence electrons. The van der Waals surface area contributed by atoms with Gasteiger partial charge in [0.1, 0.15) is 0 Å². The van der Waals surface area contributed by atoms with Crippen LogP contribution in [0.25, 0.3) is 16.9 Å². The van der Waals surface area contributed by atoms with E-state index in [2.05, 4.69) is 0 Å². The van der Waals surface area contributed by atoms with Crippen LogP contribution in [0.1, 0.15) is 29.4 Å². The van der Waals surface area contributed by atoms with Gasteiger partial charge in [-0.25, -0.2) is 13.6 Å². The molecule has 0 saturated heterocycles. The van der Waals surface area contributed by atoms with Gasteiger partial charge in [-0.3, -0.25) is 4.79 Å². The predicted molar refractivity (Wildman–Crippen MR) is 107 cm³/mol. The fraction of sp³-hybridized carbons (Fsp3) is 0.150. The zero-order valence-electron chi connectivity index (χ0n) is 14.9. The van der Waals surface area contributed by atoms with E-state index in [0.29, 0.717) is 17.0 Å². The zero-order chi connectivity index (χ0) is 19.8. The second kappa shape index (κ2) is 7.31. The number of aromatic nitrogens is 1. The maximum absolute atomic E-state index is 12.4. The van der Waals surface area contributed by atoms with E-state index in [9.17, 15) is 13.2 Å². The van der Waals surface area contributed by atoms with Crippen molar-refractivity contribution in [1.29, 1.82) is 0 Å². The highest BCUT2D eigenvalue weighted by molar-refractivity contribution is 7.89. The standard InChI is InChI=1S/C20H19ClN2O3S/c1-3-20(24)18-12-19(14-5-4-6-15(21)11-14)23(13(18)2)16-7-9-17(10-8-16)27(22,25)26/h4-12H,3H2,1-2H3,(H2,22,25,26). The van der Waals surface area contributed by atoms with Crippen LogP contribution in [0.5, 0.6) is 0 Å². The molecule has 0 atom stereocenters. The van der Waals surface area contributed by atoms with Crippen LogP contribution in [0.3, 0.4) is 0 Å². The van der Waals surface area contributed by atoms with Gasteiger partial charge in [-0.05, 0) is 55.0 Å². The Morgan fingerprint density at radius 1 is 1.11 bits per heavy atom. The number of benzene rings is 2. The SMILES string of the molecule is CCC(=O)c1cc(-c2cccc(Cl)c2)n(-c2ccc(S(N)(=O)=O)cc2)c1C. The number of ketones is 1. The molecule has 0 spiro atoms. The third-order valence-corrected chi connectivity index (χ3v) is 5.58. The molecule has 0 unspecified atom stereocenters. The summed E-state index contributed by atoms with van der Waals surface area (Å²) in [7, 11) is -3.77. The summed E-state index contributed by atoms with van der Waals surface area (Å²) < 4.78 is 25.0. The van der Waals surface area contributed by atoms with Gasteiger partial charge in [-0.2, -0.15) is 0 Å². The van der Waals surface area contributed by atoms with Gasteiger partial charge in [0, 0.05) is 28.4 Å². The van der Waals surface area contributed by atoms with E-state index in [0.717, 1.165) is 22.6 Å². The lowest BCUT2D eigenvalue weighted by atomic mass is 10.1. The molecular formula is C20H19ClN2O3S. The molecule has 2 N–H and O–H groups in total. The minimum atomic E-state index is -3.77. The van der Waals surface area contributed by atoms with Crippen molar-refractivity contribution < 1.29 is 13.2 Å². The Morgan fingerprint density at radius 3 is 2.33 bits per heavy atom. The maximum Gasteiger partial charge on any atom is 0.238 e. The Balaban J connectivity index is 2.24. The molecule has 0 radical (unpaired) electrons. The van der Waals surface area contributed by atoms with E-state index in [1.165, 1.54) is 12.1 Å². The van der Waals surface area contributed by atoms with Crippen LogP contribution in [0.2, 0.25) is 5.02 Å².